The van der Waals surface area contributed by atoms with Crippen molar-refractivity contribution in [1.29, 1.82) is 0 Å². The van der Waals surface area contributed by atoms with Crippen molar-refractivity contribution >= 4 is 28.5 Å². The number of rotatable bonds is 4. The third-order valence-electron chi connectivity index (χ3n) is 5.21. The maximum Gasteiger partial charge on any atom is 0.224 e. The predicted octanol–water partition coefficient (Wildman–Crippen LogP) is 1.34. The van der Waals surface area contributed by atoms with Crippen LogP contribution in [0.15, 0.2) is 37.1 Å². The second-order valence-corrected chi connectivity index (χ2v) is 7.00. The van der Waals surface area contributed by atoms with Gasteiger partial charge in [0, 0.05) is 50.0 Å². The monoisotopic (exact) mass is 378 g/mol. The molecule has 9 nitrogen and oxygen atoms in total. The topological polar surface area (TPSA) is 92.2 Å². The number of pyridine rings is 1. The van der Waals surface area contributed by atoms with Crippen LogP contribution < -0.4 is 15.1 Å². The molecular formula is C19H22N8O. The van der Waals surface area contributed by atoms with Gasteiger partial charge in [0.25, 0.3) is 0 Å². The zero-order chi connectivity index (χ0) is 18.8. The van der Waals surface area contributed by atoms with Crippen molar-refractivity contribution in [3.8, 4) is 0 Å². The fraction of sp³-hybridized carbons (Fsp3) is 0.421. The van der Waals surface area contributed by atoms with Gasteiger partial charge in [-0.2, -0.15) is 4.98 Å². The van der Waals surface area contributed by atoms with Crippen molar-refractivity contribution in [3.63, 3.8) is 0 Å². The summed E-state index contributed by atoms with van der Waals surface area (Å²) in [7, 11) is 0. The van der Waals surface area contributed by atoms with Crippen LogP contribution in [0.3, 0.4) is 0 Å². The quantitative estimate of drug-likeness (QED) is 0.722. The lowest BCUT2D eigenvalue weighted by molar-refractivity contribution is 0.122. The fourth-order valence-electron chi connectivity index (χ4n) is 3.79. The highest BCUT2D eigenvalue weighted by Crippen LogP contribution is 2.26. The molecule has 0 spiro atoms. The van der Waals surface area contributed by atoms with E-state index in [9.17, 15) is 0 Å². The third-order valence-corrected chi connectivity index (χ3v) is 5.21. The average molecular weight is 378 g/mol. The highest BCUT2D eigenvalue weighted by Gasteiger charge is 2.25. The highest BCUT2D eigenvalue weighted by molar-refractivity contribution is 5.88. The standard InChI is InChI=1S/C19H22N8O/c1-4-20-11-16-15(1)18(23-13-22-16)27-6-3-14(12-27)24-19-21-5-2-17(25-19)26-7-9-28-10-8-26/h1-2,4-5,11,13-14H,3,6-10,12H2,(H,21,24,25). The Balaban J connectivity index is 1.29. The molecule has 0 saturated carbocycles. The summed E-state index contributed by atoms with van der Waals surface area (Å²) >= 11 is 0. The molecule has 5 heterocycles. The van der Waals surface area contributed by atoms with E-state index in [1.807, 2.05) is 18.3 Å². The van der Waals surface area contributed by atoms with Crippen molar-refractivity contribution in [2.24, 2.45) is 0 Å². The molecular weight excluding hydrogens is 356 g/mol. The SMILES string of the molecule is c1cc2c(N3CCC(Nc4nccc(N5CCOCC5)n4)C3)ncnc2cn1. The van der Waals surface area contributed by atoms with E-state index in [0.717, 1.165) is 68.4 Å². The van der Waals surface area contributed by atoms with Crippen molar-refractivity contribution < 1.29 is 4.74 Å². The van der Waals surface area contributed by atoms with Gasteiger partial charge >= 0.3 is 0 Å². The molecule has 1 atom stereocenters. The van der Waals surface area contributed by atoms with Gasteiger partial charge in [0.05, 0.1) is 24.9 Å². The zero-order valence-corrected chi connectivity index (χ0v) is 15.5. The van der Waals surface area contributed by atoms with Gasteiger partial charge in [-0.15, -0.1) is 0 Å². The van der Waals surface area contributed by atoms with Crippen molar-refractivity contribution in [2.75, 3.05) is 54.5 Å². The highest BCUT2D eigenvalue weighted by atomic mass is 16.5. The Kier molecular flexibility index (Phi) is 4.58. The van der Waals surface area contributed by atoms with Gasteiger partial charge in [0.1, 0.15) is 18.0 Å². The Bertz CT molecular complexity index is 956. The summed E-state index contributed by atoms with van der Waals surface area (Å²) in [4.78, 5) is 26.6. The minimum atomic E-state index is 0.270. The molecule has 0 bridgehead atoms. The first-order valence-electron chi connectivity index (χ1n) is 9.59. The van der Waals surface area contributed by atoms with Crippen molar-refractivity contribution in [3.05, 3.63) is 37.1 Å². The summed E-state index contributed by atoms with van der Waals surface area (Å²) in [5.74, 6) is 2.58. The number of fused-ring (bicyclic) bond motifs is 1. The first-order valence-corrected chi connectivity index (χ1v) is 9.59. The molecule has 0 aliphatic carbocycles. The third kappa shape index (κ3) is 3.40. The summed E-state index contributed by atoms with van der Waals surface area (Å²) in [6.07, 6.45) is 7.98. The number of anilines is 3. The molecule has 144 valence electrons. The van der Waals surface area contributed by atoms with E-state index in [-0.39, 0.29) is 6.04 Å². The molecule has 9 heteroatoms. The summed E-state index contributed by atoms with van der Waals surface area (Å²) in [5.41, 5.74) is 0.866. The first-order chi connectivity index (χ1) is 13.9. The van der Waals surface area contributed by atoms with E-state index in [1.54, 1.807) is 18.7 Å². The second kappa shape index (κ2) is 7.51. The van der Waals surface area contributed by atoms with Crippen LogP contribution in [0, 0.1) is 0 Å². The molecule has 2 aliphatic heterocycles. The molecule has 0 aromatic carbocycles. The molecule has 5 rings (SSSR count). The van der Waals surface area contributed by atoms with Crippen LogP contribution in [0.1, 0.15) is 6.42 Å². The van der Waals surface area contributed by atoms with Crippen LogP contribution in [0.5, 0.6) is 0 Å². The second-order valence-electron chi connectivity index (χ2n) is 7.00. The number of nitrogens with zero attached hydrogens (tertiary/aromatic N) is 7. The molecule has 3 aromatic rings. The van der Waals surface area contributed by atoms with Crippen LogP contribution in [-0.4, -0.2) is 70.4 Å². The summed E-state index contributed by atoms with van der Waals surface area (Å²) in [6, 6.07) is 4.20. The van der Waals surface area contributed by atoms with Crippen LogP contribution in [0.2, 0.25) is 0 Å². The molecule has 0 radical (unpaired) electrons. The number of ether oxygens (including phenoxy) is 1. The average Bonchev–Trinajstić information content (AvgIpc) is 3.22. The number of hydrogen-bond donors (Lipinski definition) is 1. The van der Waals surface area contributed by atoms with Gasteiger partial charge in [-0.25, -0.2) is 15.0 Å². The Hall–Kier alpha value is -3.07. The molecule has 28 heavy (non-hydrogen) atoms. The van der Waals surface area contributed by atoms with Crippen LogP contribution in [-0.2, 0) is 4.74 Å². The summed E-state index contributed by atoms with van der Waals surface area (Å²) in [5, 5.41) is 4.52. The van der Waals surface area contributed by atoms with Crippen molar-refractivity contribution in [2.45, 2.75) is 12.5 Å². The molecule has 1 N–H and O–H groups in total. The van der Waals surface area contributed by atoms with Crippen LogP contribution in [0.4, 0.5) is 17.6 Å². The molecule has 2 fully saturated rings. The van der Waals surface area contributed by atoms with Crippen LogP contribution in [0.25, 0.3) is 10.9 Å². The van der Waals surface area contributed by atoms with E-state index in [4.69, 9.17) is 9.72 Å². The lowest BCUT2D eigenvalue weighted by atomic mass is 10.2. The first kappa shape index (κ1) is 17.1. The Morgan fingerprint density at radius 3 is 2.86 bits per heavy atom. The van der Waals surface area contributed by atoms with Crippen molar-refractivity contribution in [1.82, 2.24) is 24.9 Å². The van der Waals surface area contributed by atoms with Gasteiger partial charge in [-0.05, 0) is 18.6 Å². The molecule has 0 amide bonds. The maximum absolute atomic E-state index is 5.42. The van der Waals surface area contributed by atoms with Gasteiger partial charge in [-0.3, -0.25) is 4.98 Å². The number of nitrogens with one attached hydrogen (secondary N) is 1. The maximum atomic E-state index is 5.42. The Labute approximate surface area is 162 Å². The fourth-order valence-corrected chi connectivity index (χ4v) is 3.79. The lowest BCUT2D eigenvalue weighted by Crippen LogP contribution is -2.37. The molecule has 1 unspecified atom stereocenters. The molecule has 2 aliphatic rings. The van der Waals surface area contributed by atoms with Gasteiger partial charge < -0.3 is 19.9 Å². The van der Waals surface area contributed by atoms with E-state index < -0.39 is 0 Å². The zero-order valence-electron chi connectivity index (χ0n) is 15.5. The smallest absolute Gasteiger partial charge is 0.224 e. The Morgan fingerprint density at radius 1 is 1.00 bits per heavy atom. The van der Waals surface area contributed by atoms with E-state index >= 15 is 0 Å². The van der Waals surface area contributed by atoms with Gasteiger partial charge in [-0.1, -0.05) is 0 Å². The summed E-state index contributed by atoms with van der Waals surface area (Å²) < 4.78 is 5.42. The number of aromatic nitrogens is 5. The minimum absolute atomic E-state index is 0.270. The van der Waals surface area contributed by atoms with E-state index in [2.05, 4.69) is 35.1 Å². The van der Waals surface area contributed by atoms with E-state index in [0.29, 0.717) is 5.95 Å². The van der Waals surface area contributed by atoms with Gasteiger partial charge in [0.2, 0.25) is 5.95 Å². The van der Waals surface area contributed by atoms with Gasteiger partial charge in [0.15, 0.2) is 0 Å². The summed E-state index contributed by atoms with van der Waals surface area (Å²) in [6.45, 7) is 4.99. The number of hydrogen-bond acceptors (Lipinski definition) is 9. The molecule has 2 saturated heterocycles. The number of morpholine rings is 1. The molecule has 3 aromatic heterocycles. The largest absolute Gasteiger partial charge is 0.378 e. The van der Waals surface area contributed by atoms with Crippen LogP contribution >= 0.6 is 0 Å². The normalized spacial score (nSPS) is 19.9. The minimum Gasteiger partial charge on any atom is -0.378 e. The predicted molar refractivity (Wildman–Crippen MR) is 107 cm³/mol. The Morgan fingerprint density at radius 2 is 1.93 bits per heavy atom. The lowest BCUT2D eigenvalue weighted by Gasteiger charge is -2.28. The van der Waals surface area contributed by atoms with E-state index in [1.165, 1.54) is 0 Å².